The minimum Gasteiger partial charge on any atom is -0.397 e. The van der Waals surface area contributed by atoms with Crippen LogP contribution in [0, 0.1) is 0 Å². The van der Waals surface area contributed by atoms with Gasteiger partial charge in [0.05, 0.1) is 17.9 Å². The van der Waals surface area contributed by atoms with Crippen LogP contribution >= 0.6 is 0 Å². The van der Waals surface area contributed by atoms with Crippen molar-refractivity contribution in [1.82, 2.24) is 9.97 Å². The summed E-state index contributed by atoms with van der Waals surface area (Å²) in [7, 11) is 0. The van der Waals surface area contributed by atoms with Gasteiger partial charge < -0.3 is 21.8 Å². The molecule has 1 aromatic carbocycles. The summed E-state index contributed by atoms with van der Waals surface area (Å²) in [4.78, 5) is 18.1. The maximum atomic E-state index is 11.0. The number of carbonyl (C=O) groups is 1. The van der Waals surface area contributed by atoms with Gasteiger partial charge in [-0.2, -0.15) is 0 Å². The number of nitrogens with two attached hydrogens (primary N) is 2. The van der Waals surface area contributed by atoms with Crippen molar-refractivity contribution in [1.29, 1.82) is 0 Å². The summed E-state index contributed by atoms with van der Waals surface area (Å²) in [5.41, 5.74) is 12.6. The van der Waals surface area contributed by atoms with Crippen LogP contribution in [0.3, 0.4) is 0 Å². The molecule has 88 valence electrons. The molecule has 0 bridgehead atoms. The van der Waals surface area contributed by atoms with Crippen molar-refractivity contribution in [3.63, 3.8) is 0 Å². The SMILES string of the molecule is NC(=O)c1ccc(N)c(NCc2ncc[nH]2)c1. The normalized spacial score (nSPS) is 10.1. The molecule has 2 rings (SSSR count). The summed E-state index contributed by atoms with van der Waals surface area (Å²) < 4.78 is 0. The second-order valence-corrected chi connectivity index (χ2v) is 3.56. The van der Waals surface area contributed by atoms with E-state index >= 15 is 0 Å². The molecule has 0 spiro atoms. The van der Waals surface area contributed by atoms with Gasteiger partial charge in [-0.15, -0.1) is 0 Å². The highest BCUT2D eigenvalue weighted by atomic mass is 16.1. The van der Waals surface area contributed by atoms with Crippen molar-refractivity contribution in [2.45, 2.75) is 6.54 Å². The number of nitrogens with one attached hydrogen (secondary N) is 2. The monoisotopic (exact) mass is 231 g/mol. The summed E-state index contributed by atoms with van der Waals surface area (Å²) in [5.74, 6) is 0.305. The van der Waals surface area contributed by atoms with E-state index in [0.717, 1.165) is 5.82 Å². The van der Waals surface area contributed by atoms with E-state index in [0.29, 0.717) is 23.5 Å². The van der Waals surface area contributed by atoms with Gasteiger partial charge >= 0.3 is 0 Å². The molecule has 0 aliphatic carbocycles. The van der Waals surface area contributed by atoms with E-state index < -0.39 is 5.91 Å². The van der Waals surface area contributed by atoms with Gasteiger partial charge in [-0.1, -0.05) is 0 Å². The van der Waals surface area contributed by atoms with Gasteiger partial charge in [0.15, 0.2) is 0 Å². The highest BCUT2D eigenvalue weighted by Gasteiger charge is 2.05. The Morgan fingerprint density at radius 1 is 1.47 bits per heavy atom. The first-order valence-electron chi connectivity index (χ1n) is 5.08. The number of imidazole rings is 1. The first-order valence-corrected chi connectivity index (χ1v) is 5.08. The molecule has 2 aromatic rings. The van der Waals surface area contributed by atoms with Crippen LogP contribution in [0.5, 0.6) is 0 Å². The summed E-state index contributed by atoms with van der Waals surface area (Å²) in [6.07, 6.45) is 3.40. The highest BCUT2D eigenvalue weighted by Crippen LogP contribution is 2.20. The molecular weight excluding hydrogens is 218 g/mol. The van der Waals surface area contributed by atoms with E-state index in [1.807, 2.05) is 0 Å². The van der Waals surface area contributed by atoms with Gasteiger partial charge in [-0.25, -0.2) is 4.98 Å². The minimum atomic E-state index is -0.481. The molecule has 0 saturated heterocycles. The lowest BCUT2D eigenvalue weighted by Crippen LogP contribution is -2.12. The molecule has 0 atom stereocenters. The molecule has 0 aliphatic heterocycles. The zero-order valence-corrected chi connectivity index (χ0v) is 9.10. The molecule has 6 heteroatoms. The van der Waals surface area contributed by atoms with Crippen molar-refractivity contribution < 1.29 is 4.79 Å². The molecule has 0 saturated carbocycles. The third-order valence-electron chi connectivity index (χ3n) is 2.34. The molecule has 0 radical (unpaired) electrons. The van der Waals surface area contributed by atoms with Crippen LogP contribution in [0.4, 0.5) is 11.4 Å². The third-order valence-corrected chi connectivity index (χ3v) is 2.34. The number of hydrogen-bond donors (Lipinski definition) is 4. The predicted molar refractivity (Wildman–Crippen MR) is 65.3 cm³/mol. The molecule has 0 aliphatic rings. The maximum absolute atomic E-state index is 11.0. The highest BCUT2D eigenvalue weighted by molar-refractivity contribution is 5.94. The molecule has 0 fully saturated rings. The molecule has 6 nitrogen and oxygen atoms in total. The largest absolute Gasteiger partial charge is 0.397 e. The fraction of sp³-hybridized carbons (Fsp3) is 0.0909. The van der Waals surface area contributed by atoms with Crippen LogP contribution in [0.1, 0.15) is 16.2 Å². The van der Waals surface area contributed by atoms with E-state index in [4.69, 9.17) is 11.5 Å². The van der Waals surface area contributed by atoms with E-state index in [-0.39, 0.29) is 0 Å². The maximum Gasteiger partial charge on any atom is 0.248 e. The number of hydrogen-bond acceptors (Lipinski definition) is 4. The number of rotatable bonds is 4. The lowest BCUT2D eigenvalue weighted by atomic mass is 10.1. The second kappa shape index (κ2) is 4.56. The first-order chi connectivity index (χ1) is 8.16. The fourth-order valence-electron chi connectivity index (χ4n) is 1.44. The van der Waals surface area contributed by atoms with Gasteiger partial charge in [-0.05, 0) is 18.2 Å². The van der Waals surface area contributed by atoms with Crippen LogP contribution in [-0.2, 0) is 6.54 Å². The Balaban J connectivity index is 2.14. The van der Waals surface area contributed by atoms with Crippen LogP contribution in [0.15, 0.2) is 30.6 Å². The average molecular weight is 231 g/mol. The summed E-state index contributed by atoms with van der Waals surface area (Å²) in [6.45, 7) is 0.499. The van der Waals surface area contributed by atoms with E-state index in [1.165, 1.54) is 0 Å². The zero-order chi connectivity index (χ0) is 12.3. The second-order valence-electron chi connectivity index (χ2n) is 3.56. The number of amides is 1. The minimum absolute atomic E-state index is 0.418. The molecule has 1 amide bonds. The van der Waals surface area contributed by atoms with Gasteiger partial charge in [0.25, 0.3) is 0 Å². The molecular formula is C11H13N5O. The lowest BCUT2D eigenvalue weighted by molar-refractivity contribution is 0.100. The van der Waals surface area contributed by atoms with E-state index in [2.05, 4.69) is 15.3 Å². The summed E-state index contributed by atoms with van der Waals surface area (Å²) in [5, 5.41) is 3.08. The van der Waals surface area contributed by atoms with Crippen LogP contribution in [-0.4, -0.2) is 15.9 Å². The van der Waals surface area contributed by atoms with Crippen molar-refractivity contribution in [3.05, 3.63) is 42.0 Å². The van der Waals surface area contributed by atoms with Gasteiger partial charge in [-0.3, -0.25) is 4.79 Å². The Hall–Kier alpha value is -2.50. The zero-order valence-electron chi connectivity index (χ0n) is 9.10. The molecule has 0 unspecified atom stereocenters. The van der Waals surface area contributed by atoms with Gasteiger partial charge in [0, 0.05) is 18.0 Å². The number of nitrogens with zero attached hydrogens (tertiary/aromatic N) is 1. The number of aromatic nitrogens is 2. The Bertz CT molecular complexity index is 521. The van der Waals surface area contributed by atoms with Crippen molar-refractivity contribution >= 4 is 17.3 Å². The number of anilines is 2. The Morgan fingerprint density at radius 3 is 2.94 bits per heavy atom. The standard InChI is InChI=1S/C11H13N5O/c12-8-2-1-7(11(13)17)5-9(8)16-6-10-14-3-4-15-10/h1-5,16H,6,12H2,(H2,13,17)(H,14,15). The quantitative estimate of drug-likeness (QED) is 0.580. The number of nitrogen functional groups attached to an aromatic ring is 1. The number of benzene rings is 1. The van der Waals surface area contributed by atoms with Crippen LogP contribution < -0.4 is 16.8 Å². The number of primary amides is 1. The van der Waals surface area contributed by atoms with Gasteiger partial charge in [0.1, 0.15) is 5.82 Å². The van der Waals surface area contributed by atoms with E-state index in [1.54, 1.807) is 30.6 Å². The topological polar surface area (TPSA) is 110 Å². The molecule has 6 N–H and O–H groups in total. The summed E-state index contributed by atoms with van der Waals surface area (Å²) in [6, 6.07) is 4.86. The Labute approximate surface area is 98.0 Å². The molecule has 1 aromatic heterocycles. The van der Waals surface area contributed by atoms with Crippen LogP contribution in [0.2, 0.25) is 0 Å². The van der Waals surface area contributed by atoms with Crippen molar-refractivity contribution in [2.24, 2.45) is 5.73 Å². The molecule has 17 heavy (non-hydrogen) atoms. The summed E-state index contributed by atoms with van der Waals surface area (Å²) >= 11 is 0. The lowest BCUT2D eigenvalue weighted by Gasteiger charge is -2.09. The van der Waals surface area contributed by atoms with Crippen LogP contribution in [0.25, 0.3) is 0 Å². The van der Waals surface area contributed by atoms with Gasteiger partial charge in [0.2, 0.25) is 5.91 Å². The first kappa shape index (κ1) is 11.0. The van der Waals surface area contributed by atoms with Crippen molar-refractivity contribution in [2.75, 3.05) is 11.1 Å². The molecule has 1 heterocycles. The van der Waals surface area contributed by atoms with Crippen molar-refractivity contribution in [3.8, 4) is 0 Å². The average Bonchev–Trinajstić information content (AvgIpc) is 2.80. The Kier molecular flexibility index (Phi) is 2.95. The van der Waals surface area contributed by atoms with E-state index in [9.17, 15) is 4.79 Å². The Morgan fingerprint density at radius 2 is 2.29 bits per heavy atom. The number of carbonyl (C=O) groups excluding carboxylic acids is 1. The number of aromatic amines is 1. The smallest absolute Gasteiger partial charge is 0.248 e. The number of H-pyrrole nitrogens is 1. The predicted octanol–water partition coefficient (Wildman–Crippen LogP) is 0.703. The fourth-order valence-corrected chi connectivity index (χ4v) is 1.44. The third kappa shape index (κ3) is 2.54.